The summed E-state index contributed by atoms with van der Waals surface area (Å²) in [6.07, 6.45) is 3.99. The molecular weight excluding hydrogens is 292 g/mol. The van der Waals surface area contributed by atoms with Gasteiger partial charge in [0.1, 0.15) is 0 Å². The van der Waals surface area contributed by atoms with Crippen molar-refractivity contribution in [2.75, 3.05) is 6.61 Å². The van der Waals surface area contributed by atoms with E-state index in [1.807, 2.05) is 38.1 Å². The van der Waals surface area contributed by atoms with Gasteiger partial charge in [0.05, 0.1) is 6.20 Å². The smallest absolute Gasteiger partial charge is 0.220 e. The zero-order valence-electron chi connectivity index (χ0n) is 13.7. The number of carbonyl (C=O) groups is 1. The number of benzene rings is 1. The highest BCUT2D eigenvalue weighted by atomic mass is 16.4. The largest absolute Gasteiger partial charge is 0.441 e. The minimum atomic E-state index is -0.0227. The molecule has 0 saturated heterocycles. The molecule has 23 heavy (non-hydrogen) atoms. The fourth-order valence-electron chi connectivity index (χ4n) is 2.31. The maximum Gasteiger partial charge on any atom is 0.220 e. The monoisotopic (exact) mass is 316 g/mol. The first-order chi connectivity index (χ1) is 11.1. The summed E-state index contributed by atoms with van der Waals surface area (Å²) >= 11 is 0. The van der Waals surface area contributed by atoms with Crippen molar-refractivity contribution in [1.82, 2.24) is 10.3 Å². The number of carbonyl (C=O) groups excluding carboxylic acids is 1. The number of aliphatic hydroxyl groups is 1. The summed E-state index contributed by atoms with van der Waals surface area (Å²) in [6, 6.07) is 8.12. The molecule has 1 amide bonds. The van der Waals surface area contributed by atoms with E-state index < -0.39 is 0 Å². The molecule has 1 heterocycles. The molecule has 1 aromatic carbocycles. The number of hydrogen-bond donors (Lipinski definition) is 2. The Morgan fingerprint density at radius 1 is 1.35 bits per heavy atom. The zero-order valence-corrected chi connectivity index (χ0v) is 13.7. The summed E-state index contributed by atoms with van der Waals surface area (Å²) < 4.78 is 5.71. The van der Waals surface area contributed by atoms with Crippen LogP contribution in [0.3, 0.4) is 0 Å². The molecule has 0 fully saturated rings. The van der Waals surface area contributed by atoms with Gasteiger partial charge in [-0.05, 0) is 26.7 Å². The maximum atomic E-state index is 11.9. The van der Waals surface area contributed by atoms with E-state index in [4.69, 9.17) is 9.52 Å². The molecule has 5 nitrogen and oxygen atoms in total. The lowest BCUT2D eigenvalue weighted by Gasteiger charge is -2.12. The molecule has 0 bridgehead atoms. The molecule has 1 aromatic heterocycles. The van der Waals surface area contributed by atoms with Crippen LogP contribution in [0.2, 0.25) is 0 Å². The van der Waals surface area contributed by atoms with E-state index in [-0.39, 0.29) is 18.6 Å². The number of rotatable bonds is 8. The molecular formula is C18H24N2O3. The Labute approximate surface area is 136 Å². The average Bonchev–Trinajstić information content (AvgIpc) is 3.00. The molecule has 0 aliphatic carbocycles. The molecule has 2 rings (SSSR count). The second-order valence-electron chi connectivity index (χ2n) is 5.82. The maximum absolute atomic E-state index is 11.9. The van der Waals surface area contributed by atoms with Gasteiger partial charge in [0.2, 0.25) is 5.91 Å². The molecule has 2 aromatic rings. The SMILES string of the molecule is Cc1ccc(-c2cnc(CCC(=O)NC(C)CCCO)o2)cc1. The van der Waals surface area contributed by atoms with Gasteiger partial charge < -0.3 is 14.8 Å². The molecule has 5 heteroatoms. The van der Waals surface area contributed by atoms with Gasteiger partial charge in [-0.15, -0.1) is 0 Å². The van der Waals surface area contributed by atoms with Crippen LogP contribution in [0.4, 0.5) is 0 Å². The van der Waals surface area contributed by atoms with E-state index in [2.05, 4.69) is 10.3 Å². The Morgan fingerprint density at radius 3 is 2.78 bits per heavy atom. The van der Waals surface area contributed by atoms with Gasteiger partial charge in [-0.1, -0.05) is 29.8 Å². The summed E-state index contributed by atoms with van der Waals surface area (Å²) in [4.78, 5) is 16.1. The minimum Gasteiger partial charge on any atom is -0.441 e. The predicted octanol–water partition coefficient (Wildman–Crippen LogP) is 2.86. The lowest BCUT2D eigenvalue weighted by atomic mass is 10.1. The van der Waals surface area contributed by atoms with Gasteiger partial charge >= 0.3 is 0 Å². The fourth-order valence-corrected chi connectivity index (χ4v) is 2.31. The Bertz CT molecular complexity index is 619. The Balaban J connectivity index is 1.82. The van der Waals surface area contributed by atoms with Crippen LogP contribution in [0.25, 0.3) is 11.3 Å². The predicted molar refractivity (Wildman–Crippen MR) is 88.9 cm³/mol. The van der Waals surface area contributed by atoms with Crippen molar-refractivity contribution in [2.45, 2.75) is 45.6 Å². The third-order valence-corrected chi connectivity index (χ3v) is 3.66. The quantitative estimate of drug-likeness (QED) is 0.785. The molecule has 0 radical (unpaired) electrons. The van der Waals surface area contributed by atoms with Crippen molar-refractivity contribution < 1.29 is 14.3 Å². The fraction of sp³-hybridized carbons (Fsp3) is 0.444. The Morgan fingerprint density at radius 2 is 2.09 bits per heavy atom. The average molecular weight is 316 g/mol. The van der Waals surface area contributed by atoms with Crippen molar-refractivity contribution in [1.29, 1.82) is 0 Å². The second kappa shape index (κ2) is 8.48. The van der Waals surface area contributed by atoms with Crippen molar-refractivity contribution in [3.63, 3.8) is 0 Å². The van der Waals surface area contributed by atoms with Gasteiger partial charge in [-0.25, -0.2) is 4.98 Å². The normalized spacial score (nSPS) is 12.1. The number of hydrogen-bond acceptors (Lipinski definition) is 4. The van der Waals surface area contributed by atoms with Gasteiger partial charge in [-0.3, -0.25) is 4.79 Å². The molecule has 1 unspecified atom stereocenters. The third-order valence-electron chi connectivity index (χ3n) is 3.66. The van der Waals surface area contributed by atoms with Crippen LogP contribution in [0.15, 0.2) is 34.9 Å². The van der Waals surface area contributed by atoms with Crippen LogP contribution in [0.1, 0.15) is 37.6 Å². The van der Waals surface area contributed by atoms with Crippen LogP contribution < -0.4 is 5.32 Å². The van der Waals surface area contributed by atoms with Crippen LogP contribution in [0.5, 0.6) is 0 Å². The summed E-state index contributed by atoms with van der Waals surface area (Å²) in [7, 11) is 0. The molecule has 2 N–H and O–H groups in total. The number of aliphatic hydroxyl groups excluding tert-OH is 1. The van der Waals surface area contributed by atoms with Crippen LogP contribution in [0, 0.1) is 6.92 Å². The molecule has 0 spiro atoms. The molecule has 0 saturated carbocycles. The van der Waals surface area contributed by atoms with E-state index in [9.17, 15) is 4.79 Å². The van der Waals surface area contributed by atoms with E-state index in [1.165, 1.54) is 5.56 Å². The summed E-state index contributed by atoms with van der Waals surface area (Å²) in [5.74, 6) is 1.26. The van der Waals surface area contributed by atoms with Crippen LogP contribution >= 0.6 is 0 Å². The van der Waals surface area contributed by atoms with Gasteiger partial charge in [0.25, 0.3) is 0 Å². The lowest BCUT2D eigenvalue weighted by molar-refractivity contribution is -0.121. The Kier molecular flexibility index (Phi) is 6.35. The number of oxazole rings is 1. The minimum absolute atomic E-state index is 0.0227. The molecule has 0 aliphatic heterocycles. The number of aromatic nitrogens is 1. The molecule has 124 valence electrons. The summed E-state index contributed by atoms with van der Waals surface area (Å²) in [5.41, 5.74) is 2.18. The van der Waals surface area contributed by atoms with E-state index in [1.54, 1.807) is 6.20 Å². The first-order valence-electron chi connectivity index (χ1n) is 8.00. The van der Waals surface area contributed by atoms with Gasteiger partial charge in [0, 0.05) is 31.1 Å². The highest BCUT2D eigenvalue weighted by Gasteiger charge is 2.11. The first-order valence-corrected chi connectivity index (χ1v) is 8.00. The van der Waals surface area contributed by atoms with Crippen molar-refractivity contribution >= 4 is 5.91 Å². The molecule has 1 atom stereocenters. The number of nitrogens with zero attached hydrogens (tertiary/aromatic N) is 1. The topological polar surface area (TPSA) is 75.4 Å². The van der Waals surface area contributed by atoms with Gasteiger partial charge in [-0.2, -0.15) is 0 Å². The van der Waals surface area contributed by atoms with E-state index >= 15 is 0 Å². The molecule has 0 aliphatic rings. The zero-order chi connectivity index (χ0) is 16.7. The highest BCUT2D eigenvalue weighted by molar-refractivity contribution is 5.76. The number of nitrogens with one attached hydrogen (secondary N) is 1. The first kappa shape index (κ1) is 17.2. The van der Waals surface area contributed by atoms with Crippen molar-refractivity contribution in [2.24, 2.45) is 0 Å². The van der Waals surface area contributed by atoms with Crippen molar-refractivity contribution in [3.8, 4) is 11.3 Å². The second-order valence-corrected chi connectivity index (χ2v) is 5.82. The van der Waals surface area contributed by atoms with Crippen LogP contribution in [-0.2, 0) is 11.2 Å². The van der Waals surface area contributed by atoms with Crippen LogP contribution in [-0.4, -0.2) is 28.6 Å². The standard InChI is InChI=1S/C18H24N2O3/c1-13-5-7-15(8-6-13)16-12-19-18(23-16)10-9-17(22)20-14(2)4-3-11-21/h5-8,12,14,21H,3-4,9-11H2,1-2H3,(H,20,22). The summed E-state index contributed by atoms with van der Waals surface area (Å²) in [5, 5.41) is 11.7. The number of aryl methyl sites for hydroxylation is 2. The summed E-state index contributed by atoms with van der Waals surface area (Å²) in [6.45, 7) is 4.13. The van der Waals surface area contributed by atoms with Gasteiger partial charge in [0.15, 0.2) is 11.7 Å². The highest BCUT2D eigenvalue weighted by Crippen LogP contribution is 2.21. The van der Waals surface area contributed by atoms with E-state index in [0.717, 1.165) is 17.7 Å². The van der Waals surface area contributed by atoms with Crippen molar-refractivity contribution in [3.05, 3.63) is 41.9 Å². The number of amides is 1. The van der Waals surface area contributed by atoms with E-state index in [0.29, 0.717) is 25.2 Å². The third kappa shape index (κ3) is 5.53. The Hall–Kier alpha value is -2.14. The lowest BCUT2D eigenvalue weighted by Crippen LogP contribution is -2.32.